The highest BCUT2D eigenvalue weighted by Crippen LogP contribution is 2.27. The highest BCUT2D eigenvalue weighted by Gasteiger charge is 2.18. The molecule has 0 radical (unpaired) electrons. The van der Waals surface area contributed by atoms with E-state index in [9.17, 15) is 4.79 Å². The van der Waals surface area contributed by atoms with E-state index in [1.54, 1.807) is 0 Å². The van der Waals surface area contributed by atoms with Gasteiger partial charge in [0.15, 0.2) is 0 Å². The molecule has 1 saturated carbocycles. The number of ketones is 1. The summed E-state index contributed by atoms with van der Waals surface area (Å²) in [5.41, 5.74) is 1.04. The number of hydrogen-bond acceptors (Lipinski definition) is 1. The molecule has 0 bridgehead atoms. The quantitative estimate of drug-likeness (QED) is 0.508. The van der Waals surface area contributed by atoms with Crippen LogP contribution in [0.4, 0.5) is 0 Å². The Kier molecular flexibility index (Phi) is 2.65. The lowest BCUT2D eigenvalue weighted by Crippen LogP contribution is -1.98. The zero-order chi connectivity index (χ0) is 9.80. The Morgan fingerprint density at radius 3 is 2.64 bits per heavy atom. The van der Waals surface area contributed by atoms with Crippen molar-refractivity contribution in [2.45, 2.75) is 19.3 Å². The zero-order valence-electron chi connectivity index (χ0n) is 7.99. The highest BCUT2D eigenvalue weighted by molar-refractivity contribution is 5.97. The predicted octanol–water partition coefficient (Wildman–Crippen LogP) is 2.21. The van der Waals surface area contributed by atoms with Gasteiger partial charge in [-0.1, -0.05) is 36.3 Å². The average molecular weight is 184 g/mol. The van der Waals surface area contributed by atoms with E-state index in [1.807, 2.05) is 30.3 Å². The van der Waals surface area contributed by atoms with E-state index < -0.39 is 0 Å². The van der Waals surface area contributed by atoms with Gasteiger partial charge in [-0.2, -0.15) is 0 Å². The zero-order valence-corrected chi connectivity index (χ0v) is 7.99. The van der Waals surface area contributed by atoms with E-state index >= 15 is 0 Å². The van der Waals surface area contributed by atoms with Crippen LogP contribution in [-0.2, 0) is 11.2 Å². The number of Topliss-reactive ketones (excluding diaryl/α,β-unsaturated/α-hetero) is 1. The second-order valence-electron chi connectivity index (χ2n) is 3.63. The van der Waals surface area contributed by atoms with E-state index in [2.05, 4.69) is 11.8 Å². The maximum Gasteiger partial charge on any atom is 0.209 e. The van der Waals surface area contributed by atoms with Gasteiger partial charge in [0.25, 0.3) is 0 Å². The molecule has 1 aliphatic carbocycles. The van der Waals surface area contributed by atoms with Gasteiger partial charge in [0.1, 0.15) is 0 Å². The molecular formula is C13H12O. The number of carbonyl (C=O) groups excluding carboxylic acids is 1. The molecular weight excluding hydrogens is 172 g/mol. The monoisotopic (exact) mass is 184 g/mol. The van der Waals surface area contributed by atoms with Crippen LogP contribution >= 0.6 is 0 Å². The highest BCUT2D eigenvalue weighted by atomic mass is 16.1. The van der Waals surface area contributed by atoms with Crippen LogP contribution in [0.2, 0.25) is 0 Å². The average Bonchev–Trinajstić information content (AvgIpc) is 3.00. The van der Waals surface area contributed by atoms with Crippen molar-refractivity contribution >= 4 is 5.78 Å². The van der Waals surface area contributed by atoms with Crippen LogP contribution in [0.1, 0.15) is 18.4 Å². The summed E-state index contributed by atoms with van der Waals surface area (Å²) in [6.07, 6.45) is 2.79. The first-order chi connectivity index (χ1) is 6.84. The first kappa shape index (κ1) is 9.02. The van der Waals surface area contributed by atoms with Crippen molar-refractivity contribution in [3.8, 4) is 11.8 Å². The number of carbonyl (C=O) groups is 1. The molecule has 0 aliphatic heterocycles. The molecule has 1 nitrogen and oxygen atoms in total. The fraction of sp³-hybridized carbons (Fsp3) is 0.308. The van der Waals surface area contributed by atoms with Gasteiger partial charge in [-0.25, -0.2) is 0 Å². The maximum atomic E-state index is 11.4. The lowest BCUT2D eigenvalue weighted by molar-refractivity contribution is -0.113. The van der Waals surface area contributed by atoms with E-state index in [0.717, 1.165) is 5.56 Å². The van der Waals surface area contributed by atoms with Crippen molar-refractivity contribution in [1.29, 1.82) is 0 Å². The summed E-state index contributed by atoms with van der Waals surface area (Å²) >= 11 is 0. The Hall–Kier alpha value is -1.55. The molecule has 0 spiro atoms. The van der Waals surface area contributed by atoms with Gasteiger partial charge in [-0.15, -0.1) is 0 Å². The van der Waals surface area contributed by atoms with Gasteiger partial charge in [-0.05, 0) is 24.3 Å². The summed E-state index contributed by atoms with van der Waals surface area (Å²) in [4.78, 5) is 11.4. The molecule has 1 aliphatic rings. The van der Waals surface area contributed by atoms with Gasteiger partial charge in [-0.3, -0.25) is 4.79 Å². The van der Waals surface area contributed by atoms with Crippen LogP contribution in [0.3, 0.4) is 0 Å². The van der Waals surface area contributed by atoms with Crippen molar-refractivity contribution < 1.29 is 4.79 Å². The lowest BCUT2D eigenvalue weighted by atomic mass is 10.1. The molecule has 0 aromatic heterocycles. The summed E-state index contributed by atoms with van der Waals surface area (Å²) in [5.74, 6) is 6.22. The minimum atomic E-state index is 0.0306. The van der Waals surface area contributed by atoms with Crippen molar-refractivity contribution in [2.75, 3.05) is 0 Å². The van der Waals surface area contributed by atoms with E-state index in [0.29, 0.717) is 12.3 Å². The van der Waals surface area contributed by atoms with Crippen LogP contribution in [-0.4, -0.2) is 5.78 Å². The molecule has 70 valence electrons. The molecule has 0 amide bonds. The van der Waals surface area contributed by atoms with E-state index in [4.69, 9.17) is 0 Å². The van der Waals surface area contributed by atoms with Crippen molar-refractivity contribution in [2.24, 2.45) is 5.92 Å². The van der Waals surface area contributed by atoms with Crippen molar-refractivity contribution in [3.63, 3.8) is 0 Å². The Balaban J connectivity index is 1.92. The van der Waals surface area contributed by atoms with Gasteiger partial charge in [0.05, 0.1) is 0 Å². The molecule has 1 aromatic rings. The van der Waals surface area contributed by atoms with Crippen molar-refractivity contribution in [1.82, 2.24) is 0 Å². The number of hydrogen-bond donors (Lipinski definition) is 0. The third-order valence-electron chi connectivity index (χ3n) is 2.20. The summed E-state index contributed by atoms with van der Waals surface area (Å²) < 4.78 is 0. The topological polar surface area (TPSA) is 17.1 Å². The molecule has 14 heavy (non-hydrogen) atoms. The van der Waals surface area contributed by atoms with Gasteiger partial charge in [0, 0.05) is 12.3 Å². The van der Waals surface area contributed by atoms with Crippen LogP contribution in [0.15, 0.2) is 30.3 Å². The van der Waals surface area contributed by atoms with Gasteiger partial charge >= 0.3 is 0 Å². The first-order valence-electron chi connectivity index (χ1n) is 4.93. The largest absolute Gasteiger partial charge is 0.285 e. The minimum absolute atomic E-state index is 0.0306. The van der Waals surface area contributed by atoms with E-state index in [-0.39, 0.29) is 5.78 Å². The number of rotatable bonds is 2. The smallest absolute Gasteiger partial charge is 0.209 e. The molecule has 1 aromatic carbocycles. The number of benzene rings is 1. The summed E-state index contributed by atoms with van der Waals surface area (Å²) in [7, 11) is 0. The van der Waals surface area contributed by atoms with Gasteiger partial charge in [0.2, 0.25) is 5.78 Å². The lowest BCUT2D eigenvalue weighted by Gasteiger charge is -1.93. The van der Waals surface area contributed by atoms with Gasteiger partial charge < -0.3 is 0 Å². The van der Waals surface area contributed by atoms with Crippen molar-refractivity contribution in [3.05, 3.63) is 35.9 Å². The molecule has 0 unspecified atom stereocenters. The SMILES string of the molecule is O=C(C#CC1CC1)Cc1ccccc1. The fourth-order valence-electron chi connectivity index (χ4n) is 1.24. The first-order valence-corrected chi connectivity index (χ1v) is 4.93. The van der Waals surface area contributed by atoms with Crippen LogP contribution in [0, 0.1) is 17.8 Å². The summed E-state index contributed by atoms with van der Waals surface area (Å²) in [6.45, 7) is 0. The summed E-state index contributed by atoms with van der Waals surface area (Å²) in [6, 6.07) is 9.74. The molecule has 0 saturated heterocycles. The third kappa shape index (κ3) is 2.74. The molecule has 1 heteroatoms. The normalized spacial score (nSPS) is 14.3. The standard InChI is InChI=1S/C13H12O/c14-13(9-8-11-6-7-11)10-12-4-2-1-3-5-12/h1-5,11H,6-7,10H2. The Morgan fingerprint density at radius 1 is 1.29 bits per heavy atom. The second kappa shape index (κ2) is 4.11. The molecule has 0 heterocycles. The maximum absolute atomic E-state index is 11.4. The Morgan fingerprint density at radius 2 is 2.00 bits per heavy atom. The molecule has 2 rings (SSSR count). The Labute approximate surface area is 84.1 Å². The van der Waals surface area contributed by atoms with Crippen LogP contribution in [0.25, 0.3) is 0 Å². The van der Waals surface area contributed by atoms with E-state index in [1.165, 1.54) is 12.8 Å². The minimum Gasteiger partial charge on any atom is -0.285 e. The fourth-order valence-corrected chi connectivity index (χ4v) is 1.24. The molecule has 0 atom stereocenters. The second-order valence-corrected chi connectivity index (χ2v) is 3.63. The molecule has 1 fully saturated rings. The predicted molar refractivity (Wildman–Crippen MR) is 55.7 cm³/mol. The summed E-state index contributed by atoms with van der Waals surface area (Å²) in [5, 5.41) is 0. The molecule has 0 N–H and O–H groups in total. The third-order valence-corrected chi connectivity index (χ3v) is 2.20. The Bertz CT molecular complexity index is 377. The van der Waals surface area contributed by atoms with Crippen LogP contribution in [0.5, 0.6) is 0 Å². The van der Waals surface area contributed by atoms with Crippen LogP contribution < -0.4 is 0 Å².